The molecule has 0 unspecified atom stereocenters. The first-order valence-electron chi connectivity index (χ1n) is 6.12. The Morgan fingerprint density at radius 1 is 1.00 bits per heavy atom. The molecule has 1 N–H and O–H groups in total. The molecule has 2 aromatic rings. The minimum absolute atomic E-state index is 0.580. The molecule has 20 heavy (non-hydrogen) atoms. The highest BCUT2D eigenvalue weighted by Crippen LogP contribution is 2.26. The van der Waals surface area contributed by atoms with Gasteiger partial charge in [-0.3, -0.25) is 4.79 Å². The number of amides is 1. The van der Waals surface area contributed by atoms with Crippen molar-refractivity contribution < 1.29 is 4.79 Å². The normalized spacial score (nSPS) is 10.5. The fourth-order valence-electron chi connectivity index (χ4n) is 1.65. The highest BCUT2D eigenvalue weighted by molar-refractivity contribution is 5.79. The molecule has 101 valence electrons. The predicted octanol–water partition coefficient (Wildman–Crippen LogP) is 3.65. The summed E-state index contributed by atoms with van der Waals surface area (Å²) in [7, 11) is 3.96. The van der Waals surface area contributed by atoms with Gasteiger partial charge in [0.15, 0.2) is 0 Å². The largest absolute Gasteiger partial charge is 0.378 e. The van der Waals surface area contributed by atoms with Crippen LogP contribution in [0.3, 0.4) is 0 Å². The molecule has 1 amide bonds. The monoisotopic (exact) mass is 267 g/mol. The van der Waals surface area contributed by atoms with Crippen LogP contribution in [-0.4, -0.2) is 20.5 Å². The second kappa shape index (κ2) is 6.47. The van der Waals surface area contributed by atoms with Crippen molar-refractivity contribution in [2.75, 3.05) is 24.3 Å². The van der Waals surface area contributed by atoms with Crippen molar-refractivity contribution in [1.82, 2.24) is 0 Å². The number of hydrogen-bond donors (Lipinski definition) is 1. The van der Waals surface area contributed by atoms with Crippen molar-refractivity contribution in [2.24, 2.45) is 10.2 Å². The van der Waals surface area contributed by atoms with Crippen LogP contribution in [0.25, 0.3) is 0 Å². The van der Waals surface area contributed by atoms with E-state index >= 15 is 0 Å². The van der Waals surface area contributed by atoms with Crippen LogP contribution in [0.5, 0.6) is 0 Å². The van der Waals surface area contributed by atoms with Crippen molar-refractivity contribution in [3.05, 3.63) is 48.5 Å². The number of hydrogen-bond acceptors (Lipinski definition) is 4. The van der Waals surface area contributed by atoms with Gasteiger partial charge in [0, 0.05) is 19.8 Å². The van der Waals surface area contributed by atoms with Crippen LogP contribution in [-0.2, 0) is 4.79 Å². The Kier molecular flexibility index (Phi) is 4.44. The lowest BCUT2D eigenvalue weighted by atomic mass is 10.2. The molecule has 2 aromatic carbocycles. The highest BCUT2D eigenvalue weighted by atomic mass is 16.1. The topological polar surface area (TPSA) is 57.1 Å². The van der Waals surface area contributed by atoms with Gasteiger partial charge >= 0.3 is 6.41 Å². The van der Waals surface area contributed by atoms with Gasteiger partial charge < -0.3 is 10.2 Å². The van der Waals surface area contributed by atoms with Gasteiger partial charge in [0.2, 0.25) is 0 Å². The Bertz CT molecular complexity index is 606. The zero-order valence-corrected chi connectivity index (χ0v) is 11.4. The number of rotatable bonds is 5. The Balaban J connectivity index is 2.18. The number of nitrogens with one attached hydrogen (secondary N) is 1. The molecule has 0 aliphatic rings. The minimum atomic E-state index is 0.580. The molecular weight excluding hydrogens is 252 g/mol. The number of benzene rings is 2. The average molecular weight is 267 g/mol. The van der Waals surface area contributed by atoms with Crippen molar-refractivity contribution in [3.63, 3.8) is 0 Å². The quantitative estimate of drug-likeness (QED) is 0.664. The van der Waals surface area contributed by atoms with Gasteiger partial charge in [0.05, 0.1) is 11.4 Å². The smallest absolute Gasteiger partial charge is 0.314 e. The molecule has 2 rings (SSSR count). The van der Waals surface area contributed by atoms with Crippen molar-refractivity contribution >= 4 is 29.2 Å². The van der Waals surface area contributed by atoms with E-state index in [1.54, 1.807) is 18.5 Å². The summed E-state index contributed by atoms with van der Waals surface area (Å²) in [4.78, 5) is 12.4. The minimum Gasteiger partial charge on any atom is -0.378 e. The van der Waals surface area contributed by atoms with Gasteiger partial charge in [-0.25, -0.2) is 0 Å². The molecular formula is C15H15N4O. The van der Waals surface area contributed by atoms with Crippen LogP contribution >= 0.6 is 0 Å². The summed E-state index contributed by atoms with van der Waals surface area (Å²) in [6.07, 6.45) is 1.64. The fraction of sp³-hybridized carbons (Fsp3) is 0.133. The molecule has 0 aliphatic heterocycles. The second-order valence-electron chi connectivity index (χ2n) is 4.36. The maximum atomic E-state index is 10.4. The van der Waals surface area contributed by atoms with Crippen LogP contribution in [0.15, 0.2) is 58.8 Å². The zero-order chi connectivity index (χ0) is 14.4. The first-order valence-corrected chi connectivity index (χ1v) is 6.12. The van der Waals surface area contributed by atoms with Gasteiger partial charge in [-0.15, -0.1) is 5.11 Å². The maximum Gasteiger partial charge on any atom is 0.314 e. The molecule has 1 radical (unpaired) electrons. The lowest BCUT2D eigenvalue weighted by Crippen LogP contribution is -2.07. The van der Waals surface area contributed by atoms with Crippen molar-refractivity contribution in [3.8, 4) is 0 Å². The highest BCUT2D eigenvalue weighted by Gasteiger charge is 1.99. The van der Waals surface area contributed by atoms with Gasteiger partial charge in [0.25, 0.3) is 0 Å². The molecule has 5 nitrogen and oxygen atoms in total. The van der Waals surface area contributed by atoms with E-state index in [1.807, 2.05) is 55.4 Å². The summed E-state index contributed by atoms with van der Waals surface area (Å²) < 4.78 is 0. The molecule has 0 bridgehead atoms. The average Bonchev–Trinajstić information content (AvgIpc) is 2.47. The Morgan fingerprint density at radius 3 is 2.35 bits per heavy atom. The van der Waals surface area contributed by atoms with Crippen LogP contribution in [0.4, 0.5) is 22.7 Å². The van der Waals surface area contributed by atoms with E-state index in [9.17, 15) is 4.79 Å². The lowest BCUT2D eigenvalue weighted by Gasteiger charge is -2.11. The Hall–Kier alpha value is -2.69. The third kappa shape index (κ3) is 3.41. The van der Waals surface area contributed by atoms with Crippen LogP contribution < -0.4 is 10.2 Å². The molecule has 0 heterocycles. The van der Waals surface area contributed by atoms with Crippen LogP contribution in [0, 0.1) is 0 Å². The number of azo groups is 1. The van der Waals surface area contributed by atoms with E-state index in [1.165, 1.54) is 0 Å². The van der Waals surface area contributed by atoms with E-state index in [0.29, 0.717) is 11.4 Å². The van der Waals surface area contributed by atoms with E-state index < -0.39 is 0 Å². The predicted molar refractivity (Wildman–Crippen MR) is 80.7 cm³/mol. The van der Waals surface area contributed by atoms with E-state index in [2.05, 4.69) is 15.5 Å². The Morgan fingerprint density at radius 2 is 1.70 bits per heavy atom. The van der Waals surface area contributed by atoms with E-state index in [0.717, 1.165) is 11.4 Å². The third-order valence-electron chi connectivity index (χ3n) is 2.73. The van der Waals surface area contributed by atoms with Crippen molar-refractivity contribution in [1.29, 1.82) is 0 Å². The summed E-state index contributed by atoms with van der Waals surface area (Å²) in [6.45, 7) is 0. The van der Waals surface area contributed by atoms with Crippen LogP contribution in [0.1, 0.15) is 0 Å². The zero-order valence-electron chi connectivity index (χ0n) is 11.4. The maximum absolute atomic E-state index is 10.4. The van der Waals surface area contributed by atoms with Gasteiger partial charge in [0.1, 0.15) is 5.69 Å². The van der Waals surface area contributed by atoms with Crippen molar-refractivity contribution in [2.45, 2.75) is 0 Å². The number of nitrogens with zero attached hydrogens (tertiary/aromatic N) is 3. The lowest BCUT2D eigenvalue weighted by molar-refractivity contribution is 0.561. The SMILES string of the molecule is CN(C)c1ccc(N=Nc2ccccc2N[C]=O)cc1. The molecule has 0 atom stereocenters. The first-order chi connectivity index (χ1) is 9.70. The Labute approximate surface area is 118 Å². The third-order valence-corrected chi connectivity index (χ3v) is 2.73. The summed E-state index contributed by atoms with van der Waals surface area (Å²) in [5.74, 6) is 0. The van der Waals surface area contributed by atoms with Gasteiger partial charge in [-0.05, 0) is 36.4 Å². The second-order valence-corrected chi connectivity index (χ2v) is 4.36. The number of para-hydroxylation sites is 1. The van der Waals surface area contributed by atoms with E-state index in [4.69, 9.17) is 0 Å². The first kappa shape index (κ1) is 13.7. The number of anilines is 2. The standard InChI is InChI=1S/C15H15N4O/c1-19(2)13-9-7-12(8-10-13)17-18-15-6-4-3-5-14(15)16-11-20/h3-10H,1-2H3,(H,16,20). The summed E-state index contributed by atoms with van der Waals surface area (Å²) >= 11 is 0. The molecule has 0 aliphatic carbocycles. The molecule has 5 heteroatoms. The van der Waals surface area contributed by atoms with Gasteiger partial charge in [-0.2, -0.15) is 5.11 Å². The van der Waals surface area contributed by atoms with E-state index in [-0.39, 0.29) is 0 Å². The molecule has 0 aromatic heterocycles. The molecule has 0 saturated heterocycles. The number of carbonyl (C=O) groups excluding carboxylic acids is 1. The fourth-order valence-corrected chi connectivity index (χ4v) is 1.65. The molecule has 0 spiro atoms. The van der Waals surface area contributed by atoms with Crippen LogP contribution in [0.2, 0.25) is 0 Å². The van der Waals surface area contributed by atoms with Gasteiger partial charge in [-0.1, -0.05) is 12.1 Å². The summed E-state index contributed by atoms with van der Waals surface area (Å²) in [6, 6.07) is 14.9. The summed E-state index contributed by atoms with van der Waals surface area (Å²) in [5, 5.41) is 10.8. The molecule has 0 saturated carbocycles. The summed E-state index contributed by atoms with van der Waals surface area (Å²) in [5.41, 5.74) is 3.02. The molecule has 0 fully saturated rings.